The number of ether oxygens (including phenoxy) is 1. The summed E-state index contributed by atoms with van der Waals surface area (Å²) >= 11 is 0. The molecule has 3 aromatic rings. The van der Waals surface area contributed by atoms with Crippen molar-refractivity contribution in [3.63, 3.8) is 0 Å². The van der Waals surface area contributed by atoms with Gasteiger partial charge in [0.15, 0.2) is 0 Å². The maximum Gasteiger partial charge on any atom is 0.262 e. The van der Waals surface area contributed by atoms with Gasteiger partial charge >= 0.3 is 0 Å². The first-order valence-corrected chi connectivity index (χ1v) is 9.32. The van der Waals surface area contributed by atoms with Gasteiger partial charge in [0.25, 0.3) is 5.56 Å². The van der Waals surface area contributed by atoms with Crippen molar-refractivity contribution in [1.29, 1.82) is 0 Å². The molecular weight excluding hydrogens is 356 g/mol. The zero-order chi connectivity index (χ0) is 19.9. The number of hydrogen-bond donors (Lipinski definition) is 2. The van der Waals surface area contributed by atoms with E-state index in [0.717, 1.165) is 11.3 Å². The predicted molar refractivity (Wildman–Crippen MR) is 109 cm³/mol. The fourth-order valence-corrected chi connectivity index (χ4v) is 2.87. The minimum atomic E-state index is -0.196. The molecule has 0 bridgehead atoms. The number of hydrazine groups is 1. The standard InChI is InChI=1S/C21H24N4O3/c1-3-25-20(27)17-10-4-5-11-18(17)22-21(25)24-23-19(26)12-7-13-28-16-9-6-8-15(2)14-16/h4-6,8-11,14H,3,7,12-13H2,1-2H3,(H,22,24)(H,23,26). The fraction of sp³-hybridized carbons (Fsp3) is 0.286. The van der Waals surface area contributed by atoms with E-state index < -0.39 is 0 Å². The number of carbonyl (C=O) groups is 1. The van der Waals surface area contributed by atoms with E-state index in [-0.39, 0.29) is 11.5 Å². The lowest BCUT2D eigenvalue weighted by atomic mass is 10.2. The van der Waals surface area contributed by atoms with E-state index in [9.17, 15) is 9.59 Å². The number of fused-ring (bicyclic) bond motifs is 1. The summed E-state index contributed by atoms with van der Waals surface area (Å²) in [7, 11) is 0. The van der Waals surface area contributed by atoms with Crippen LogP contribution in [0.4, 0.5) is 5.95 Å². The van der Waals surface area contributed by atoms with Crippen LogP contribution in [0.2, 0.25) is 0 Å². The minimum absolute atomic E-state index is 0.142. The monoisotopic (exact) mass is 380 g/mol. The van der Waals surface area contributed by atoms with Crippen molar-refractivity contribution in [3.8, 4) is 5.75 Å². The summed E-state index contributed by atoms with van der Waals surface area (Å²) in [6.45, 7) is 4.75. The lowest BCUT2D eigenvalue weighted by molar-refractivity contribution is -0.120. The van der Waals surface area contributed by atoms with Crippen molar-refractivity contribution in [2.24, 2.45) is 0 Å². The molecule has 0 saturated carbocycles. The number of nitrogens with zero attached hydrogens (tertiary/aromatic N) is 2. The second-order valence-electron chi connectivity index (χ2n) is 6.44. The fourth-order valence-electron chi connectivity index (χ4n) is 2.87. The Morgan fingerprint density at radius 2 is 2.00 bits per heavy atom. The molecule has 1 amide bonds. The zero-order valence-electron chi connectivity index (χ0n) is 16.1. The molecule has 7 heteroatoms. The van der Waals surface area contributed by atoms with Crippen molar-refractivity contribution >= 4 is 22.8 Å². The van der Waals surface area contributed by atoms with E-state index in [0.29, 0.717) is 42.8 Å². The summed E-state index contributed by atoms with van der Waals surface area (Å²) in [4.78, 5) is 29.1. The third-order valence-corrected chi connectivity index (χ3v) is 4.30. The highest BCUT2D eigenvalue weighted by atomic mass is 16.5. The summed E-state index contributed by atoms with van der Waals surface area (Å²) in [5, 5.41) is 0.550. The number of amides is 1. The molecule has 0 spiro atoms. The van der Waals surface area contributed by atoms with Gasteiger partial charge in [-0.15, -0.1) is 0 Å². The highest BCUT2D eigenvalue weighted by Crippen LogP contribution is 2.13. The summed E-state index contributed by atoms with van der Waals surface area (Å²) in [5.74, 6) is 0.916. The second-order valence-corrected chi connectivity index (χ2v) is 6.44. The van der Waals surface area contributed by atoms with Crippen LogP contribution in [-0.2, 0) is 11.3 Å². The van der Waals surface area contributed by atoms with Crippen LogP contribution in [0.3, 0.4) is 0 Å². The number of anilines is 1. The van der Waals surface area contributed by atoms with Crippen molar-refractivity contribution in [1.82, 2.24) is 15.0 Å². The van der Waals surface area contributed by atoms with E-state index in [2.05, 4.69) is 15.8 Å². The first kappa shape index (κ1) is 19.4. The number of benzene rings is 2. The average molecular weight is 380 g/mol. The van der Waals surface area contributed by atoms with Gasteiger partial charge in [0, 0.05) is 13.0 Å². The number of rotatable bonds is 8. The summed E-state index contributed by atoms with van der Waals surface area (Å²) in [6, 6.07) is 14.9. The molecule has 0 unspecified atom stereocenters. The molecule has 0 radical (unpaired) electrons. The van der Waals surface area contributed by atoms with E-state index >= 15 is 0 Å². The summed E-state index contributed by atoms with van der Waals surface area (Å²) in [6.07, 6.45) is 0.871. The van der Waals surface area contributed by atoms with Gasteiger partial charge in [0.1, 0.15) is 5.75 Å². The Balaban J connectivity index is 1.53. The molecule has 2 aromatic carbocycles. The molecule has 0 saturated heterocycles. The van der Waals surface area contributed by atoms with E-state index in [4.69, 9.17) is 4.74 Å². The smallest absolute Gasteiger partial charge is 0.262 e. The topological polar surface area (TPSA) is 85.2 Å². The molecule has 0 aliphatic carbocycles. The molecule has 1 aromatic heterocycles. The molecule has 0 aliphatic rings. The van der Waals surface area contributed by atoms with Crippen molar-refractivity contribution in [2.75, 3.05) is 12.0 Å². The Morgan fingerprint density at radius 3 is 2.79 bits per heavy atom. The first-order chi connectivity index (χ1) is 13.6. The maximum atomic E-state index is 12.5. The third-order valence-electron chi connectivity index (χ3n) is 4.30. The largest absolute Gasteiger partial charge is 0.494 e. The molecule has 1 heterocycles. The first-order valence-electron chi connectivity index (χ1n) is 9.32. The van der Waals surface area contributed by atoms with Gasteiger partial charge in [0.05, 0.1) is 17.5 Å². The Kier molecular flexibility index (Phi) is 6.26. The van der Waals surface area contributed by atoms with Gasteiger partial charge < -0.3 is 4.74 Å². The van der Waals surface area contributed by atoms with E-state index in [1.54, 1.807) is 18.2 Å². The summed E-state index contributed by atoms with van der Waals surface area (Å²) < 4.78 is 7.13. The molecule has 0 atom stereocenters. The van der Waals surface area contributed by atoms with E-state index in [1.807, 2.05) is 44.2 Å². The third kappa shape index (κ3) is 4.68. The van der Waals surface area contributed by atoms with Crippen LogP contribution in [0.5, 0.6) is 5.75 Å². The number of nitrogens with one attached hydrogen (secondary N) is 2. The van der Waals surface area contributed by atoms with Gasteiger partial charge in [-0.1, -0.05) is 24.3 Å². The Hall–Kier alpha value is -3.35. The molecule has 0 fully saturated rings. The molecule has 2 N–H and O–H groups in total. The van der Waals surface area contributed by atoms with Crippen molar-refractivity contribution < 1.29 is 9.53 Å². The Labute approximate surface area is 163 Å². The molecule has 146 valence electrons. The SMILES string of the molecule is CCn1c(NNC(=O)CCCOc2cccc(C)c2)nc2ccccc2c1=O. The minimum Gasteiger partial charge on any atom is -0.494 e. The number of hydrogen-bond acceptors (Lipinski definition) is 5. The van der Waals surface area contributed by atoms with Crippen molar-refractivity contribution in [2.45, 2.75) is 33.2 Å². The van der Waals surface area contributed by atoms with E-state index in [1.165, 1.54) is 4.57 Å². The molecule has 7 nitrogen and oxygen atoms in total. The molecular formula is C21H24N4O3. The molecule has 3 rings (SSSR count). The number of carbonyl (C=O) groups excluding carboxylic acids is 1. The van der Waals surface area contributed by atoms with Crippen LogP contribution >= 0.6 is 0 Å². The second kappa shape index (κ2) is 9.03. The van der Waals surface area contributed by atoms with Crippen LogP contribution in [0, 0.1) is 6.92 Å². The quantitative estimate of drug-likeness (QED) is 0.463. The normalized spacial score (nSPS) is 10.6. The maximum absolute atomic E-state index is 12.5. The van der Waals surface area contributed by atoms with Crippen LogP contribution in [-0.4, -0.2) is 22.1 Å². The number of para-hydroxylation sites is 1. The van der Waals surface area contributed by atoms with Gasteiger partial charge in [-0.3, -0.25) is 25.0 Å². The lowest BCUT2D eigenvalue weighted by Crippen LogP contribution is -2.34. The number of aryl methyl sites for hydroxylation is 1. The van der Waals surface area contributed by atoms with Crippen LogP contribution in [0.15, 0.2) is 53.3 Å². The van der Waals surface area contributed by atoms with Gasteiger partial charge in [0.2, 0.25) is 11.9 Å². The Bertz CT molecular complexity index is 1030. The lowest BCUT2D eigenvalue weighted by Gasteiger charge is -2.14. The van der Waals surface area contributed by atoms with Gasteiger partial charge in [-0.2, -0.15) is 0 Å². The van der Waals surface area contributed by atoms with Gasteiger partial charge in [-0.25, -0.2) is 4.98 Å². The molecule has 28 heavy (non-hydrogen) atoms. The van der Waals surface area contributed by atoms with Crippen LogP contribution in [0.1, 0.15) is 25.3 Å². The average Bonchev–Trinajstić information content (AvgIpc) is 2.70. The molecule has 0 aliphatic heterocycles. The van der Waals surface area contributed by atoms with Crippen molar-refractivity contribution in [3.05, 3.63) is 64.4 Å². The van der Waals surface area contributed by atoms with Gasteiger partial charge in [-0.05, 0) is 50.1 Å². The van der Waals surface area contributed by atoms with Crippen LogP contribution < -0.4 is 21.1 Å². The Morgan fingerprint density at radius 1 is 1.18 bits per heavy atom. The number of aromatic nitrogens is 2. The zero-order valence-corrected chi connectivity index (χ0v) is 16.1. The summed E-state index contributed by atoms with van der Waals surface area (Å²) in [5.41, 5.74) is 6.95. The van der Waals surface area contributed by atoms with Crippen LogP contribution in [0.25, 0.3) is 10.9 Å². The highest BCUT2D eigenvalue weighted by Gasteiger charge is 2.10. The predicted octanol–water partition coefficient (Wildman–Crippen LogP) is 3.03. The highest BCUT2D eigenvalue weighted by molar-refractivity contribution is 5.79.